The Labute approximate surface area is 120 Å². The fourth-order valence-electron chi connectivity index (χ4n) is 1.82. The average molecular weight is 297 g/mol. The van der Waals surface area contributed by atoms with Crippen LogP contribution in [0.4, 0.5) is 10.1 Å². The smallest absolute Gasteiger partial charge is 0.305 e. The molecular formula is C13H16FN3O4. The third-order valence-electron chi connectivity index (χ3n) is 2.61. The summed E-state index contributed by atoms with van der Waals surface area (Å²) in [6.07, 6.45) is 0. The number of rotatable bonds is 6. The average Bonchev–Trinajstić information content (AvgIpc) is 2.36. The molecule has 1 aromatic rings. The monoisotopic (exact) mass is 297 g/mol. The van der Waals surface area contributed by atoms with Crippen molar-refractivity contribution in [1.29, 1.82) is 0 Å². The molecule has 21 heavy (non-hydrogen) atoms. The number of primary amides is 1. The molecule has 0 atom stereocenters. The number of carbonyl (C=O) groups is 2. The van der Waals surface area contributed by atoms with Crippen molar-refractivity contribution in [3.63, 3.8) is 0 Å². The molecule has 0 saturated carbocycles. The van der Waals surface area contributed by atoms with Crippen molar-refractivity contribution in [1.82, 2.24) is 4.90 Å². The van der Waals surface area contributed by atoms with Crippen molar-refractivity contribution in [2.75, 3.05) is 13.1 Å². The number of hydrogen-bond acceptors (Lipinski definition) is 4. The van der Waals surface area contributed by atoms with E-state index in [2.05, 4.69) is 0 Å². The van der Waals surface area contributed by atoms with E-state index in [1.807, 2.05) is 13.8 Å². The Morgan fingerprint density at radius 1 is 1.43 bits per heavy atom. The molecule has 8 heteroatoms. The van der Waals surface area contributed by atoms with Crippen molar-refractivity contribution < 1.29 is 18.9 Å². The quantitative estimate of drug-likeness (QED) is 0.631. The third kappa shape index (κ3) is 4.51. The van der Waals surface area contributed by atoms with Gasteiger partial charge in [0.2, 0.25) is 11.7 Å². The first kappa shape index (κ1) is 16.5. The van der Waals surface area contributed by atoms with Crippen LogP contribution in [0.15, 0.2) is 18.2 Å². The molecule has 0 saturated heterocycles. The van der Waals surface area contributed by atoms with E-state index in [-0.39, 0.29) is 24.6 Å². The first-order valence-electron chi connectivity index (χ1n) is 6.24. The Kier molecular flexibility index (Phi) is 5.34. The van der Waals surface area contributed by atoms with Crippen molar-refractivity contribution in [2.24, 2.45) is 11.7 Å². The van der Waals surface area contributed by atoms with E-state index in [0.29, 0.717) is 0 Å². The molecule has 0 fully saturated rings. The molecule has 1 aromatic carbocycles. The number of halogens is 1. The van der Waals surface area contributed by atoms with Crippen molar-refractivity contribution in [3.05, 3.63) is 39.7 Å². The van der Waals surface area contributed by atoms with Crippen LogP contribution in [-0.2, 0) is 4.79 Å². The Bertz CT molecular complexity index is 575. The molecule has 7 nitrogen and oxygen atoms in total. The first-order valence-corrected chi connectivity index (χ1v) is 6.24. The first-order chi connectivity index (χ1) is 9.72. The highest BCUT2D eigenvalue weighted by Crippen LogP contribution is 2.19. The summed E-state index contributed by atoms with van der Waals surface area (Å²) in [6.45, 7) is 3.64. The summed E-state index contributed by atoms with van der Waals surface area (Å²) in [6, 6.07) is 2.84. The second-order valence-electron chi connectivity index (χ2n) is 4.97. The van der Waals surface area contributed by atoms with Gasteiger partial charge in [-0.25, -0.2) is 0 Å². The summed E-state index contributed by atoms with van der Waals surface area (Å²) in [5.74, 6) is -2.25. The van der Waals surface area contributed by atoms with Gasteiger partial charge in [0.1, 0.15) is 0 Å². The van der Waals surface area contributed by atoms with E-state index in [0.717, 1.165) is 18.2 Å². The molecule has 0 spiro atoms. The molecule has 0 aliphatic carbocycles. The van der Waals surface area contributed by atoms with Gasteiger partial charge in [-0.3, -0.25) is 19.7 Å². The molecular weight excluding hydrogens is 281 g/mol. The van der Waals surface area contributed by atoms with E-state index in [9.17, 15) is 24.1 Å². The number of carbonyl (C=O) groups excluding carboxylic acids is 2. The number of nitro benzene ring substituents is 1. The minimum atomic E-state index is -1.03. The predicted molar refractivity (Wildman–Crippen MR) is 73.0 cm³/mol. The van der Waals surface area contributed by atoms with Gasteiger partial charge in [0, 0.05) is 18.2 Å². The molecule has 0 aliphatic heterocycles. The van der Waals surface area contributed by atoms with Gasteiger partial charge in [0.25, 0.3) is 5.91 Å². The van der Waals surface area contributed by atoms with Crippen molar-refractivity contribution in [2.45, 2.75) is 13.8 Å². The highest BCUT2D eigenvalue weighted by molar-refractivity contribution is 5.96. The van der Waals surface area contributed by atoms with E-state index >= 15 is 0 Å². The molecule has 0 bridgehead atoms. The maximum atomic E-state index is 13.3. The van der Waals surface area contributed by atoms with Gasteiger partial charge in [0.15, 0.2) is 0 Å². The fraction of sp³-hybridized carbons (Fsp3) is 0.385. The third-order valence-corrected chi connectivity index (χ3v) is 2.61. The molecule has 0 aliphatic rings. The van der Waals surface area contributed by atoms with Crippen molar-refractivity contribution >= 4 is 17.5 Å². The molecule has 0 heterocycles. The zero-order chi connectivity index (χ0) is 16.2. The van der Waals surface area contributed by atoms with Gasteiger partial charge in [-0.05, 0) is 18.1 Å². The Hall–Kier alpha value is -2.51. The Morgan fingerprint density at radius 3 is 2.52 bits per heavy atom. The van der Waals surface area contributed by atoms with E-state index in [1.165, 1.54) is 4.90 Å². The second kappa shape index (κ2) is 6.78. The number of nitro groups is 1. The minimum Gasteiger partial charge on any atom is -0.368 e. The Morgan fingerprint density at radius 2 is 2.05 bits per heavy atom. The zero-order valence-electron chi connectivity index (χ0n) is 11.7. The van der Waals surface area contributed by atoms with Gasteiger partial charge < -0.3 is 10.6 Å². The molecule has 0 unspecified atom stereocenters. The number of benzene rings is 1. The number of nitrogens with zero attached hydrogens (tertiary/aromatic N) is 2. The lowest BCUT2D eigenvalue weighted by Gasteiger charge is -2.23. The Balaban J connectivity index is 3.11. The normalized spacial score (nSPS) is 10.5. The van der Waals surface area contributed by atoms with Gasteiger partial charge in [-0.2, -0.15) is 4.39 Å². The minimum absolute atomic E-state index is 0.0648. The fourth-order valence-corrected chi connectivity index (χ4v) is 1.82. The van der Waals surface area contributed by atoms with Gasteiger partial charge >= 0.3 is 5.69 Å². The maximum Gasteiger partial charge on any atom is 0.305 e. The molecule has 1 rings (SSSR count). The van der Waals surface area contributed by atoms with Crippen LogP contribution in [0.2, 0.25) is 0 Å². The highest BCUT2D eigenvalue weighted by Gasteiger charge is 2.22. The number of amides is 2. The summed E-state index contributed by atoms with van der Waals surface area (Å²) in [4.78, 5) is 34.3. The molecule has 0 aromatic heterocycles. The van der Waals surface area contributed by atoms with Crippen LogP contribution in [0.1, 0.15) is 24.2 Å². The van der Waals surface area contributed by atoms with Crippen LogP contribution < -0.4 is 5.73 Å². The number of nitrogens with two attached hydrogens (primary N) is 1. The standard InChI is InChI=1S/C13H16FN3O4/c1-8(2)6-16(7-12(15)18)13(19)9-3-4-10(14)11(5-9)17(20)21/h3-5,8H,6-7H2,1-2H3,(H2,15,18). The second-order valence-corrected chi connectivity index (χ2v) is 4.97. The van der Waals surface area contributed by atoms with Gasteiger partial charge in [-0.15, -0.1) is 0 Å². The lowest BCUT2D eigenvalue weighted by Crippen LogP contribution is -2.40. The highest BCUT2D eigenvalue weighted by atomic mass is 19.1. The lowest BCUT2D eigenvalue weighted by atomic mass is 10.1. The molecule has 0 radical (unpaired) electrons. The van der Waals surface area contributed by atoms with E-state index in [4.69, 9.17) is 5.73 Å². The molecule has 114 valence electrons. The molecule has 2 N–H and O–H groups in total. The van der Waals surface area contributed by atoms with Crippen molar-refractivity contribution in [3.8, 4) is 0 Å². The van der Waals surface area contributed by atoms with Crippen LogP contribution in [0, 0.1) is 21.8 Å². The van der Waals surface area contributed by atoms with Crippen LogP contribution in [0.25, 0.3) is 0 Å². The maximum absolute atomic E-state index is 13.3. The summed E-state index contributed by atoms with van der Waals surface area (Å²) in [7, 11) is 0. The number of hydrogen-bond donors (Lipinski definition) is 1. The summed E-state index contributed by atoms with van der Waals surface area (Å²) in [5.41, 5.74) is 4.23. The SMILES string of the molecule is CC(C)CN(CC(N)=O)C(=O)c1ccc(F)c([N+](=O)[O-])c1. The lowest BCUT2D eigenvalue weighted by molar-refractivity contribution is -0.387. The van der Waals surface area contributed by atoms with Crippen LogP contribution in [0.5, 0.6) is 0 Å². The summed E-state index contributed by atoms with van der Waals surface area (Å²) < 4.78 is 13.3. The van der Waals surface area contributed by atoms with Gasteiger partial charge in [0.05, 0.1) is 11.5 Å². The topological polar surface area (TPSA) is 107 Å². The van der Waals surface area contributed by atoms with Gasteiger partial charge in [-0.1, -0.05) is 13.8 Å². The predicted octanol–water partition coefficient (Wildman–Crippen LogP) is 1.32. The summed E-state index contributed by atoms with van der Waals surface area (Å²) in [5, 5.41) is 10.7. The van der Waals surface area contributed by atoms with Crippen LogP contribution in [0.3, 0.4) is 0 Å². The van der Waals surface area contributed by atoms with E-state index in [1.54, 1.807) is 0 Å². The molecule has 2 amide bonds. The van der Waals surface area contributed by atoms with Crippen LogP contribution >= 0.6 is 0 Å². The van der Waals surface area contributed by atoms with E-state index < -0.39 is 28.2 Å². The largest absolute Gasteiger partial charge is 0.368 e. The zero-order valence-corrected chi connectivity index (χ0v) is 11.7. The summed E-state index contributed by atoms with van der Waals surface area (Å²) >= 11 is 0. The van der Waals surface area contributed by atoms with Crippen LogP contribution in [-0.4, -0.2) is 34.7 Å².